The molecule has 144 valence electrons. The van der Waals surface area contributed by atoms with E-state index in [0.29, 0.717) is 11.6 Å². The number of thiophene rings is 1. The van der Waals surface area contributed by atoms with E-state index in [0.717, 1.165) is 40.5 Å². The SMILES string of the molecule is NCCCc1ccc(-n2cnc3cnc4ccc(-c5ccsc5)cc4c32)c(Cl)c1. The quantitative estimate of drug-likeness (QED) is 0.389. The Bertz CT molecular complexity index is 1310. The molecule has 4 nitrogen and oxygen atoms in total. The molecule has 0 radical (unpaired) electrons. The summed E-state index contributed by atoms with van der Waals surface area (Å²) in [6, 6.07) is 14.7. The minimum atomic E-state index is 0.678. The Balaban J connectivity index is 1.69. The van der Waals surface area contributed by atoms with Crippen molar-refractivity contribution in [3.8, 4) is 16.8 Å². The van der Waals surface area contributed by atoms with E-state index in [4.69, 9.17) is 17.3 Å². The number of aromatic nitrogens is 3. The molecule has 0 unspecified atom stereocenters. The molecule has 29 heavy (non-hydrogen) atoms. The van der Waals surface area contributed by atoms with E-state index in [1.54, 1.807) is 11.3 Å². The molecule has 6 heteroatoms. The van der Waals surface area contributed by atoms with Crippen LogP contribution in [0.25, 0.3) is 38.8 Å². The molecule has 0 aliphatic heterocycles. The van der Waals surface area contributed by atoms with Crippen LogP contribution in [0, 0.1) is 0 Å². The van der Waals surface area contributed by atoms with Gasteiger partial charge in [-0.2, -0.15) is 11.3 Å². The van der Waals surface area contributed by atoms with Crippen LogP contribution in [0.2, 0.25) is 5.02 Å². The van der Waals surface area contributed by atoms with Gasteiger partial charge in [-0.1, -0.05) is 23.7 Å². The van der Waals surface area contributed by atoms with Gasteiger partial charge in [-0.15, -0.1) is 0 Å². The highest BCUT2D eigenvalue weighted by atomic mass is 35.5. The van der Waals surface area contributed by atoms with Crippen molar-refractivity contribution in [3.05, 3.63) is 76.3 Å². The van der Waals surface area contributed by atoms with E-state index in [2.05, 4.69) is 61.7 Å². The third-order valence-electron chi connectivity index (χ3n) is 5.17. The molecule has 0 bridgehead atoms. The van der Waals surface area contributed by atoms with E-state index < -0.39 is 0 Å². The van der Waals surface area contributed by atoms with Gasteiger partial charge in [0.15, 0.2) is 0 Å². The maximum atomic E-state index is 6.67. The summed E-state index contributed by atoms with van der Waals surface area (Å²) in [6.07, 6.45) is 5.52. The minimum Gasteiger partial charge on any atom is -0.330 e. The predicted octanol–water partition coefficient (Wildman–Crippen LogP) is 5.85. The van der Waals surface area contributed by atoms with Gasteiger partial charge in [-0.25, -0.2) is 4.98 Å². The molecule has 0 saturated heterocycles. The summed E-state index contributed by atoms with van der Waals surface area (Å²) in [4.78, 5) is 9.17. The normalized spacial score (nSPS) is 11.5. The lowest BCUT2D eigenvalue weighted by Crippen LogP contribution is -2.01. The van der Waals surface area contributed by atoms with Gasteiger partial charge in [0.25, 0.3) is 0 Å². The summed E-state index contributed by atoms with van der Waals surface area (Å²) in [5, 5.41) is 6.02. The Kier molecular flexibility index (Phi) is 4.79. The maximum absolute atomic E-state index is 6.67. The monoisotopic (exact) mass is 418 g/mol. The van der Waals surface area contributed by atoms with Crippen LogP contribution in [-0.2, 0) is 6.42 Å². The molecule has 5 rings (SSSR count). The predicted molar refractivity (Wildman–Crippen MR) is 122 cm³/mol. The van der Waals surface area contributed by atoms with Gasteiger partial charge in [0.1, 0.15) is 11.8 Å². The molecule has 0 spiro atoms. The fourth-order valence-corrected chi connectivity index (χ4v) is 4.65. The van der Waals surface area contributed by atoms with Gasteiger partial charge in [-0.3, -0.25) is 9.55 Å². The first-order valence-electron chi connectivity index (χ1n) is 9.52. The summed E-state index contributed by atoms with van der Waals surface area (Å²) in [5.41, 5.74) is 12.9. The van der Waals surface area contributed by atoms with Crippen molar-refractivity contribution in [2.45, 2.75) is 12.8 Å². The highest BCUT2D eigenvalue weighted by Gasteiger charge is 2.13. The summed E-state index contributed by atoms with van der Waals surface area (Å²) in [6.45, 7) is 0.678. The number of nitrogens with zero attached hydrogens (tertiary/aromatic N) is 3. The number of pyridine rings is 1. The summed E-state index contributed by atoms with van der Waals surface area (Å²) in [5.74, 6) is 0. The van der Waals surface area contributed by atoms with Crippen LogP contribution in [0.1, 0.15) is 12.0 Å². The molecule has 3 aromatic heterocycles. The van der Waals surface area contributed by atoms with Crippen LogP contribution in [0.15, 0.2) is 65.7 Å². The Morgan fingerprint density at radius 2 is 1.93 bits per heavy atom. The lowest BCUT2D eigenvalue weighted by atomic mass is 10.1. The molecular formula is C23H19ClN4S. The van der Waals surface area contributed by atoms with Gasteiger partial charge in [-0.05, 0) is 77.2 Å². The lowest BCUT2D eigenvalue weighted by Gasteiger charge is -2.11. The van der Waals surface area contributed by atoms with Crippen LogP contribution < -0.4 is 5.73 Å². The second-order valence-electron chi connectivity index (χ2n) is 7.03. The van der Waals surface area contributed by atoms with Crippen molar-refractivity contribution in [1.82, 2.24) is 14.5 Å². The van der Waals surface area contributed by atoms with Crippen molar-refractivity contribution in [2.24, 2.45) is 5.73 Å². The number of hydrogen-bond donors (Lipinski definition) is 1. The molecule has 0 aliphatic carbocycles. The van der Waals surface area contributed by atoms with Crippen molar-refractivity contribution >= 4 is 44.9 Å². The Morgan fingerprint density at radius 1 is 1.00 bits per heavy atom. The first-order valence-corrected chi connectivity index (χ1v) is 10.8. The largest absolute Gasteiger partial charge is 0.330 e. The van der Waals surface area contributed by atoms with Crippen molar-refractivity contribution in [2.75, 3.05) is 6.54 Å². The number of aryl methyl sites for hydroxylation is 1. The third-order valence-corrected chi connectivity index (χ3v) is 6.16. The molecule has 0 atom stereocenters. The molecule has 0 aliphatic rings. The summed E-state index contributed by atoms with van der Waals surface area (Å²) >= 11 is 8.37. The summed E-state index contributed by atoms with van der Waals surface area (Å²) in [7, 11) is 0. The van der Waals surface area contributed by atoms with Crippen molar-refractivity contribution < 1.29 is 0 Å². The van der Waals surface area contributed by atoms with E-state index >= 15 is 0 Å². The molecule has 0 saturated carbocycles. The Morgan fingerprint density at radius 3 is 2.72 bits per heavy atom. The molecule has 2 N–H and O–H groups in total. The van der Waals surface area contributed by atoms with Gasteiger partial charge in [0.05, 0.1) is 27.9 Å². The zero-order chi connectivity index (χ0) is 19.8. The van der Waals surface area contributed by atoms with Gasteiger partial charge < -0.3 is 5.73 Å². The first kappa shape index (κ1) is 18.3. The van der Waals surface area contributed by atoms with Gasteiger partial charge in [0, 0.05) is 5.39 Å². The van der Waals surface area contributed by atoms with Gasteiger partial charge in [0.2, 0.25) is 0 Å². The fraction of sp³-hybridized carbons (Fsp3) is 0.130. The number of nitrogens with two attached hydrogens (primary N) is 1. The van der Waals surface area contributed by atoms with E-state index in [-0.39, 0.29) is 0 Å². The number of imidazole rings is 1. The fourth-order valence-electron chi connectivity index (χ4n) is 3.69. The molecule has 3 heterocycles. The third kappa shape index (κ3) is 3.31. The molecule has 0 fully saturated rings. The number of halogens is 1. The average molecular weight is 419 g/mol. The standard InChI is InChI=1S/C23H19ClN4S/c24-19-10-15(2-1-8-25)3-6-22(19)28-14-27-21-12-26-20-5-4-16(11-18(20)23(21)28)17-7-9-29-13-17/h3-7,9-14H,1-2,8,25H2. The number of fused-ring (bicyclic) bond motifs is 3. The van der Waals surface area contributed by atoms with E-state index in [9.17, 15) is 0 Å². The molecule has 5 aromatic rings. The van der Waals surface area contributed by atoms with Crippen LogP contribution in [0.5, 0.6) is 0 Å². The number of rotatable bonds is 5. The summed E-state index contributed by atoms with van der Waals surface area (Å²) < 4.78 is 2.06. The van der Waals surface area contributed by atoms with Crippen LogP contribution in [0.3, 0.4) is 0 Å². The number of hydrogen-bond acceptors (Lipinski definition) is 4. The maximum Gasteiger partial charge on any atom is 0.108 e. The highest BCUT2D eigenvalue weighted by Crippen LogP contribution is 2.32. The zero-order valence-corrected chi connectivity index (χ0v) is 17.2. The minimum absolute atomic E-state index is 0.678. The van der Waals surface area contributed by atoms with Crippen molar-refractivity contribution in [1.29, 1.82) is 0 Å². The molecular weight excluding hydrogens is 400 g/mol. The van der Waals surface area contributed by atoms with Crippen LogP contribution in [-0.4, -0.2) is 21.1 Å². The van der Waals surface area contributed by atoms with Crippen molar-refractivity contribution in [3.63, 3.8) is 0 Å². The Hall–Kier alpha value is -2.73. The Labute approximate surface area is 177 Å². The average Bonchev–Trinajstić information content (AvgIpc) is 3.42. The molecule has 0 amide bonds. The van der Waals surface area contributed by atoms with Crippen LogP contribution >= 0.6 is 22.9 Å². The van der Waals surface area contributed by atoms with E-state index in [1.165, 1.54) is 16.7 Å². The smallest absolute Gasteiger partial charge is 0.108 e. The second kappa shape index (κ2) is 7.59. The lowest BCUT2D eigenvalue weighted by molar-refractivity contribution is 0.832. The van der Waals surface area contributed by atoms with E-state index in [1.807, 2.05) is 18.6 Å². The zero-order valence-electron chi connectivity index (χ0n) is 15.7. The second-order valence-corrected chi connectivity index (χ2v) is 8.22. The first-order chi connectivity index (χ1) is 14.2. The number of benzene rings is 2. The van der Waals surface area contributed by atoms with Crippen LogP contribution in [0.4, 0.5) is 0 Å². The van der Waals surface area contributed by atoms with Gasteiger partial charge >= 0.3 is 0 Å². The molecule has 2 aromatic carbocycles. The topological polar surface area (TPSA) is 56.7 Å². The highest BCUT2D eigenvalue weighted by molar-refractivity contribution is 7.08.